The van der Waals surface area contributed by atoms with Crippen molar-refractivity contribution in [1.29, 1.82) is 0 Å². The van der Waals surface area contributed by atoms with Gasteiger partial charge in [0.1, 0.15) is 0 Å². The Morgan fingerprint density at radius 1 is 1.50 bits per heavy atom. The van der Waals surface area contributed by atoms with Gasteiger partial charge in [-0.15, -0.1) is 0 Å². The molecule has 0 saturated heterocycles. The minimum atomic E-state index is -0.810. The van der Waals surface area contributed by atoms with Gasteiger partial charge in [0, 0.05) is 22.9 Å². The number of nitrogens with one attached hydrogen (secondary N) is 2. The minimum Gasteiger partial charge on any atom is -0.380 e. The first kappa shape index (κ1) is 12.8. The molecule has 0 aromatic carbocycles. The maximum absolute atomic E-state index is 10.2. The van der Waals surface area contributed by atoms with Gasteiger partial charge in [-0.1, -0.05) is 0 Å². The first-order valence-corrected chi connectivity index (χ1v) is 5.88. The summed E-state index contributed by atoms with van der Waals surface area (Å²) in [5.74, 6) is 0. The van der Waals surface area contributed by atoms with Crippen LogP contribution in [0.1, 0.15) is 32.6 Å². The number of aliphatic hydroxyl groups excluding tert-OH is 1. The minimum absolute atomic E-state index is 0.0917. The summed E-state index contributed by atoms with van der Waals surface area (Å²) in [5.41, 5.74) is 1.12. The lowest BCUT2D eigenvalue weighted by molar-refractivity contribution is -0.910. The van der Waals surface area contributed by atoms with Gasteiger partial charge in [-0.2, -0.15) is 5.10 Å². The highest BCUT2D eigenvalue weighted by molar-refractivity contribution is 5.79. The normalized spacial score (nSPS) is 14.0. The number of H-pyrrole nitrogens is 1. The van der Waals surface area contributed by atoms with Crippen LogP contribution in [-0.2, 0) is 0 Å². The molecule has 0 bridgehead atoms. The van der Waals surface area contributed by atoms with E-state index in [2.05, 4.69) is 15.5 Å². The highest BCUT2D eigenvalue weighted by atomic mass is 16.5. The molecule has 0 spiro atoms. The van der Waals surface area contributed by atoms with Crippen molar-refractivity contribution in [2.24, 2.45) is 0 Å². The van der Waals surface area contributed by atoms with Gasteiger partial charge in [-0.25, -0.2) is 0 Å². The predicted molar refractivity (Wildman–Crippen MR) is 66.2 cm³/mol. The smallest absolute Gasteiger partial charge is 0.274 e. The zero-order chi connectivity index (χ0) is 13.3. The Hall–Kier alpha value is -1.66. The number of aromatic amines is 1. The molecule has 98 valence electrons. The average molecular weight is 251 g/mol. The molecule has 18 heavy (non-hydrogen) atoms. The van der Waals surface area contributed by atoms with E-state index in [-0.39, 0.29) is 5.54 Å². The van der Waals surface area contributed by atoms with Gasteiger partial charge in [0.25, 0.3) is 5.69 Å². The Balaban J connectivity index is 2.29. The summed E-state index contributed by atoms with van der Waals surface area (Å²) in [6.07, 6.45) is 2.27. The van der Waals surface area contributed by atoms with Gasteiger partial charge in [0.15, 0.2) is 6.10 Å². The second-order valence-electron chi connectivity index (χ2n) is 5.39. The van der Waals surface area contributed by atoms with Crippen LogP contribution in [0.4, 0.5) is 0 Å². The molecular weight excluding hydrogens is 232 g/mol. The number of fused-ring (bicyclic) bond motifs is 1. The number of aliphatic hydroxyl groups is 1. The zero-order valence-electron chi connectivity index (χ0n) is 10.8. The molecule has 2 heterocycles. The number of β-amino-alcohol motifs (C(OH)–C–C–N with tert-alkyl or cyclic N) is 1. The van der Waals surface area contributed by atoms with E-state index in [1.165, 1.54) is 6.20 Å². The highest BCUT2D eigenvalue weighted by Gasteiger charge is 2.26. The van der Waals surface area contributed by atoms with E-state index in [0.29, 0.717) is 17.6 Å². The van der Waals surface area contributed by atoms with Crippen molar-refractivity contribution in [2.45, 2.75) is 32.4 Å². The van der Waals surface area contributed by atoms with Gasteiger partial charge in [0.05, 0.1) is 17.1 Å². The van der Waals surface area contributed by atoms with Crippen LogP contribution in [0.5, 0.6) is 0 Å². The second kappa shape index (κ2) is 4.55. The van der Waals surface area contributed by atoms with Crippen molar-refractivity contribution in [3.63, 3.8) is 0 Å². The van der Waals surface area contributed by atoms with Crippen molar-refractivity contribution in [1.82, 2.24) is 15.5 Å². The van der Waals surface area contributed by atoms with Crippen molar-refractivity contribution >= 4 is 10.9 Å². The molecule has 6 nitrogen and oxygen atoms in total. The van der Waals surface area contributed by atoms with E-state index in [1.54, 1.807) is 12.3 Å². The van der Waals surface area contributed by atoms with Gasteiger partial charge in [0.2, 0.25) is 6.20 Å². The van der Waals surface area contributed by atoms with E-state index in [4.69, 9.17) is 0 Å². The third-order valence-corrected chi connectivity index (χ3v) is 2.72. The summed E-state index contributed by atoms with van der Waals surface area (Å²) in [5, 5.41) is 30.6. The Labute approximate surface area is 105 Å². The van der Waals surface area contributed by atoms with Crippen molar-refractivity contribution < 1.29 is 15.0 Å². The molecule has 0 saturated carbocycles. The highest BCUT2D eigenvalue weighted by Crippen LogP contribution is 2.18. The summed E-state index contributed by atoms with van der Waals surface area (Å²) in [4.78, 5) is 0. The molecule has 0 amide bonds. The van der Waals surface area contributed by atoms with Gasteiger partial charge >= 0.3 is 0 Å². The molecule has 2 aromatic rings. The topological polar surface area (TPSA) is 85.0 Å². The van der Waals surface area contributed by atoms with E-state index >= 15 is 0 Å². The maximum atomic E-state index is 10.2. The Kier molecular flexibility index (Phi) is 3.23. The van der Waals surface area contributed by atoms with Crippen molar-refractivity contribution in [2.75, 3.05) is 6.54 Å². The SMILES string of the molecule is CC(C)(C)NC[C@@H](O)c1c2cn[nH]c2cc[n+]1O. The molecule has 0 aliphatic heterocycles. The zero-order valence-corrected chi connectivity index (χ0v) is 10.8. The van der Waals surface area contributed by atoms with Crippen molar-refractivity contribution in [3.8, 4) is 0 Å². The fraction of sp³-hybridized carbons (Fsp3) is 0.500. The number of nitrogens with zero attached hydrogens (tertiary/aromatic N) is 2. The van der Waals surface area contributed by atoms with Crippen LogP contribution in [0.25, 0.3) is 10.9 Å². The molecule has 1 atom stereocenters. The fourth-order valence-electron chi connectivity index (χ4n) is 1.81. The monoisotopic (exact) mass is 251 g/mol. The molecule has 0 radical (unpaired) electrons. The summed E-state index contributed by atoms with van der Waals surface area (Å²) < 4.78 is 0.937. The molecular formula is C12H19N4O2+. The maximum Gasteiger partial charge on any atom is 0.274 e. The van der Waals surface area contributed by atoms with Crippen LogP contribution in [0.3, 0.4) is 0 Å². The third-order valence-electron chi connectivity index (χ3n) is 2.72. The van der Waals surface area contributed by atoms with Gasteiger partial charge in [-0.3, -0.25) is 10.3 Å². The van der Waals surface area contributed by atoms with Crippen LogP contribution >= 0.6 is 0 Å². The summed E-state index contributed by atoms with van der Waals surface area (Å²) in [6.45, 7) is 6.41. The molecule has 0 fully saturated rings. The standard InChI is InChI=1S/C12H18N4O2/c1-12(2,3)13-7-10(17)11-8-6-14-15-9(8)4-5-16(11)18/h4-6,10,13,17-18H,7H2,1-3H3/p+1/t10-/m1/s1. The number of pyridine rings is 1. The van der Waals surface area contributed by atoms with Crippen LogP contribution < -0.4 is 10.0 Å². The number of rotatable bonds is 3. The van der Waals surface area contributed by atoms with Gasteiger partial charge < -0.3 is 10.4 Å². The lowest BCUT2D eigenvalue weighted by atomic mass is 10.1. The summed E-state index contributed by atoms with van der Waals surface area (Å²) in [6, 6.07) is 1.70. The molecule has 4 N–H and O–H groups in total. The van der Waals surface area contributed by atoms with Crippen LogP contribution in [0.2, 0.25) is 0 Å². The quantitative estimate of drug-likeness (QED) is 0.473. The van der Waals surface area contributed by atoms with Crippen molar-refractivity contribution in [3.05, 3.63) is 24.2 Å². The number of aromatic nitrogens is 3. The number of hydrogen-bond acceptors (Lipinski definition) is 4. The van der Waals surface area contributed by atoms with Crippen LogP contribution in [-0.4, -0.2) is 32.6 Å². The van der Waals surface area contributed by atoms with E-state index in [1.807, 2.05) is 20.8 Å². The predicted octanol–water partition coefficient (Wildman–Crippen LogP) is 0.509. The molecule has 6 heteroatoms. The molecule has 2 aromatic heterocycles. The molecule has 0 aliphatic rings. The van der Waals surface area contributed by atoms with E-state index in [0.717, 1.165) is 10.2 Å². The summed E-state index contributed by atoms with van der Waals surface area (Å²) in [7, 11) is 0. The Morgan fingerprint density at radius 3 is 2.89 bits per heavy atom. The average Bonchev–Trinajstić information content (AvgIpc) is 2.72. The van der Waals surface area contributed by atoms with Crippen LogP contribution in [0.15, 0.2) is 18.5 Å². The lowest BCUT2D eigenvalue weighted by Gasteiger charge is -2.21. The third kappa shape index (κ3) is 2.60. The molecule has 0 aliphatic carbocycles. The Bertz CT molecular complexity index is 544. The lowest BCUT2D eigenvalue weighted by Crippen LogP contribution is -2.43. The fourth-order valence-corrected chi connectivity index (χ4v) is 1.81. The largest absolute Gasteiger partial charge is 0.380 e. The van der Waals surface area contributed by atoms with Crippen LogP contribution in [0, 0.1) is 0 Å². The van der Waals surface area contributed by atoms with E-state index in [9.17, 15) is 10.3 Å². The summed E-state index contributed by atoms with van der Waals surface area (Å²) >= 11 is 0. The first-order chi connectivity index (χ1) is 8.38. The molecule has 2 rings (SSSR count). The van der Waals surface area contributed by atoms with E-state index < -0.39 is 6.10 Å². The van der Waals surface area contributed by atoms with Gasteiger partial charge in [-0.05, 0) is 20.8 Å². The molecule has 0 unspecified atom stereocenters. The number of hydrogen-bond donors (Lipinski definition) is 4. The second-order valence-corrected chi connectivity index (χ2v) is 5.39. The Morgan fingerprint density at radius 2 is 2.22 bits per heavy atom. The first-order valence-electron chi connectivity index (χ1n) is 5.88.